The van der Waals surface area contributed by atoms with Gasteiger partial charge in [-0.15, -0.1) is 5.10 Å². The molecule has 0 spiro atoms. The number of carbonyl (C=O) groups is 1. The Morgan fingerprint density at radius 2 is 1.96 bits per heavy atom. The average molecular weight is 342 g/mol. The summed E-state index contributed by atoms with van der Waals surface area (Å²) in [7, 11) is 0. The molecule has 0 radical (unpaired) electrons. The van der Waals surface area contributed by atoms with Gasteiger partial charge >= 0.3 is 5.97 Å². The normalized spacial score (nSPS) is 11.7. The van der Waals surface area contributed by atoms with Crippen molar-refractivity contribution >= 4 is 17.6 Å². The summed E-state index contributed by atoms with van der Waals surface area (Å²) in [6.45, 7) is 5.33. The molecule has 0 aliphatic carbocycles. The highest BCUT2D eigenvalue weighted by atomic mass is 19.1. The lowest BCUT2D eigenvalue weighted by Crippen LogP contribution is -2.25. The highest BCUT2D eigenvalue weighted by molar-refractivity contribution is 5.74. The van der Waals surface area contributed by atoms with Crippen molar-refractivity contribution in [3.05, 3.63) is 47.9 Å². The second-order valence-corrected chi connectivity index (χ2v) is 6.76. The molecule has 0 fully saturated rings. The van der Waals surface area contributed by atoms with Crippen LogP contribution in [-0.4, -0.2) is 26.2 Å². The van der Waals surface area contributed by atoms with Crippen LogP contribution in [0, 0.1) is 5.82 Å². The number of nitrogens with zero attached hydrogens (tertiary/aromatic N) is 3. The van der Waals surface area contributed by atoms with Crippen molar-refractivity contribution in [2.75, 3.05) is 5.73 Å². The Bertz CT molecular complexity index is 944. The Morgan fingerprint density at radius 1 is 1.24 bits per heavy atom. The van der Waals surface area contributed by atoms with Gasteiger partial charge in [0.2, 0.25) is 5.95 Å². The lowest BCUT2D eigenvalue weighted by atomic mass is 10.0. The van der Waals surface area contributed by atoms with Crippen LogP contribution in [0.4, 0.5) is 10.3 Å². The minimum Gasteiger partial charge on any atom is -0.460 e. The summed E-state index contributed by atoms with van der Waals surface area (Å²) in [6, 6.07) is 8.30. The number of hydrogen-bond donors (Lipinski definition) is 1. The number of carbonyl (C=O) groups excluding carboxylic acids is 1. The predicted octanol–water partition coefficient (Wildman–Crippen LogP) is 3.00. The molecule has 3 rings (SSSR count). The number of hydrogen-bond acceptors (Lipinski definition) is 5. The minimum atomic E-state index is -0.595. The number of nitrogen functional groups attached to an aromatic ring is 1. The fraction of sp³-hybridized carbons (Fsp3) is 0.278. The number of pyridine rings is 1. The van der Waals surface area contributed by atoms with Crippen molar-refractivity contribution in [2.45, 2.75) is 32.8 Å². The summed E-state index contributed by atoms with van der Waals surface area (Å²) >= 11 is 0. The first-order chi connectivity index (χ1) is 11.7. The zero-order valence-electron chi connectivity index (χ0n) is 14.3. The monoisotopic (exact) mass is 342 g/mol. The third-order valence-electron chi connectivity index (χ3n) is 3.49. The molecule has 0 aliphatic rings. The standard InChI is InChI=1S/C18H19FN4O2/c1-18(2,3)25-16(24)9-12-5-4-11(8-14(12)19)13-6-7-15-21-17(20)22-23(15)10-13/h4-8,10H,9H2,1-3H3,(H2,20,22). The quantitative estimate of drug-likeness (QED) is 0.740. The van der Waals surface area contributed by atoms with Gasteiger partial charge in [0.1, 0.15) is 11.4 Å². The van der Waals surface area contributed by atoms with Crippen LogP contribution in [0.15, 0.2) is 36.5 Å². The van der Waals surface area contributed by atoms with Crippen molar-refractivity contribution in [1.82, 2.24) is 14.6 Å². The maximum Gasteiger partial charge on any atom is 0.310 e. The van der Waals surface area contributed by atoms with E-state index in [4.69, 9.17) is 10.5 Å². The SMILES string of the molecule is CC(C)(C)OC(=O)Cc1ccc(-c2ccc3nc(N)nn3c2)cc1F. The Kier molecular flexibility index (Phi) is 4.16. The molecular formula is C18H19FN4O2. The van der Waals surface area contributed by atoms with E-state index in [1.165, 1.54) is 10.6 Å². The van der Waals surface area contributed by atoms with E-state index in [0.29, 0.717) is 16.8 Å². The first-order valence-electron chi connectivity index (χ1n) is 7.84. The van der Waals surface area contributed by atoms with Gasteiger partial charge in [-0.1, -0.05) is 12.1 Å². The lowest BCUT2D eigenvalue weighted by molar-refractivity contribution is -0.153. The zero-order chi connectivity index (χ0) is 18.2. The number of nitrogens with two attached hydrogens (primary N) is 1. The molecule has 2 N–H and O–H groups in total. The smallest absolute Gasteiger partial charge is 0.310 e. The number of anilines is 1. The third-order valence-corrected chi connectivity index (χ3v) is 3.49. The topological polar surface area (TPSA) is 82.5 Å². The summed E-state index contributed by atoms with van der Waals surface area (Å²) in [6.07, 6.45) is 1.61. The van der Waals surface area contributed by atoms with Crippen LogP contribution in [0.25, 0.3) is 16.8 Å². The molecule has 0 bridgehead atoms. The molecule has 0 saturated carbocycles. The van der Waals surface area contributed by atoms with Gasteiger partial charge in [0.15, 0.2) is 5.65 Å². The van der Waals surface area contributed by atoms with E-state index < -0.39 is 17.4 Å². The summed E-state index contributed by atoms with van der Waals surface area (Å²) in [5, 5.41) is 4.04. The maximum absolute atomic E-state index is 14.4. The van der Waals surface area contributed by atoms with Gasteiger partial charge in [0.05, 0.1) is 6.42 Å². The number of ether oxygens (including phenoxy) is 1. The molecule has 0 unspecified atom stereocenters. The molecule has 7 heteroatoms. The maximum atomic E-state index is 14.4. The van der Waals surface area contributed by atoms with Gasteiger partial charge in [0, 0.05) is 11.8 Å². The number of fused-ring (bicyclic) bond motifs is 1. The highest BCUT2D eigenvalue weighted by Gasteiger charge is 2.18. The van der Waals surface area contributed by atoms with E-state index >= 15 is 0 Å². The summed E-state index contributed by atoms with van der Waals surface area (Å²) in [5.41, 5.74) is 7.31. The van der Waals surface area contributed by atoms with Gasteiger partial charge in [-0.05, 0) is 50.1 Å². The molecule has 130 valence electrons. The minimum absolute atomic E-state index is 0.109. The number of aromatic nitrogens is 3. The molecule has 2 heterocycles. The first-order valence-corrected chi connectivity index (χ1v) is 7.84. The Balaban J connectivity index is 1.84. The van der Waals surface area contributed by atoms with Crippen LogP contribution < -0.4 is 5.73 Å². The molecule has 0 amide bonds. The molecule has 0 atom stereocenters. The van der Waals surface area contributed by atoms with Gasteiger partial charge in [0.25, 0.3) is 0 Å². The van der Waals surface area contributed by atoms with Crippen LogP contribution in [-0.2, 0) is 16.0 Å². The Morgan fingerprint density at radius 3 is 2.64 bits per heavy atom. The summed E-state index contributed by atoms with van der Waals surface area (Å²) in [5.74, 6) is -0.740. The molecular weight excluding hydrogens is 323 g/mol. The second kappa shape index (κ2) is 6.16. The molecule has 2 aromatic heterocycles. The Hall–Kier alpha value is -2.96. The van der Waals surface area contributed by atoms with Crippen molar-refractivity contribution in [3.8, 4) is 11.1 Å². The zero-order valence-corrected chi connectivity index (χ0v) is 14.3. The van der Waals surface area contributed by atoms with E-state index in [0.717, 1.165) is 5.56 Å². The van der Waals surface area contributed by atoms with Crippen LogP contribution in [0.5, 0.6) is 0 Å². The van der Waals surface area contributed by atoms with Crippen molar-refractivity contribution in [3.63, 3.8) is 0 Å². The lowest BCUT2D eigenvalue weighted by Gasteiger charge is -2.19. The third kappa shape index (κ3) is 3.93. The molecule has 3 aromatic rings. The molecule has 0 saturated heterocycles. The Labute approximate surface area is 144 Å². The van der Waals surface area contributed by atoms with Gasteiger partial charge in [-0.2, -0.15) is 4.98 Å². The molecule has 6 nitrogen and oxygen atoms in total. The van der Waals surface area contributed by atoms with Crippen LogP contribution in [0.2, 0.25) is 0 Å². The summed E-state index contributed by atoms with van der Waals surface area (Å²) < 4.78 is 21.1. The molecule has 1 aromatic carbocycles. The van der Waals surface area contributed by atoms with Crippen LogP contribution in [0.3, 0.4) is 0 Å². The fourth-order valence-electron chi connectivity index (χ4n) is 2.47. The number of esters is 1. The van der Waals surface area contributed by atoms with Crippen molar-refractivity contribution in [2.24, 2.45) is 0 Å². The van der Waals surface area contributed by atoms with Gasteiger partial charge in [-0.3, -0.25) is 4.79 Å². The molecule has 0 aliphatic heterocycles. The van der Waals surface area contributed by atoms with E-state index in [9.17, 15) is 9.18 Å². The van der Waals surface area contributed by atoms with E-state index in [1.807, 2.05) is 6.07 Å². The van der Waals surface area contributed by atoms with E-state index in [2.05, 4.69) is 10.1 Å². The summed E-state index contributed by atoms with van der Waals surface area (Å²) in [4.78, 5) is 15.9. The van der Waals surface area contributed by atoms with Gasteiger partial charge < -0.3 is 10.5 Å². The highest BCUT2D eigenvalue weighted by Crippen LogP contribution is 2.23. The van der Waals surface area contributed by atoms with Gasteiger partial charge in [-0.25, -0.2) is 8.91 Å². The average Bonchev–Trinajstić information content (AvgIpc) is 2.86. The van der Waals surface area contributed by atoms with E-state index in [-0.39, 0.29) is 12.4 Å². The number of halogens is 1. The van der Waals surface area contributed by atoms with E-state index in [1.54, 1.807) is 45.2 Å². The second-order valence-electron chi connectivity index (χ2n) is 6.76. The first kappa shape index (κ1) is 16.9. The number of benzene rings is 1. The predicted molar refractivity (Wildman–Crippen MR) is 92.3 cm³/mol. The molecule has 25 heavy (non-hydrogen) atoms. The number of rotatable bonds is 3. The fourth-order valence-corrected chi connectivity index (χ4v) is 2.47. The van der Waals surface area contributed by atoms with Crippen LogP contribution in [0.1, 0.15) is 26.3 Å². The van der Waals surface area contributed by atoms with Crippen molar-refractivity contribution in [1.29, 1.82) is 0 Å². The van der Waals surface area contributed by atoms with Crippen LogP contribution >= 0.6 is 0 Å². The largest absolute Gasteiger partial charge is 0.460 e. The van der Waals surface area contributed by atoms with Crippen molar-refractivity contribution < 1.29 is 13.9 Å².